The molecule has 1 amide bonds. The van der Waals surface area contributed by atoms with Crippen molar-refractivity contribution in [1.29, 1.82) is 0 Å². The first-order valence-electron chi connectivity index (χ1n) is 12.5. The third kappa shape index (κ3) is 5.52. The van der Waals surface area contributed by atoms with E-state index in [9.17, 15) is 4.79 Å². The summed E-state index contributed by atoms with van der Waals surface area (Å²) in [6, 6.07) is 15.6. The van der Waals surface area contributed by atoms with E-state index in [4.69, 9.17) is 21.4 Å². The van der Waals surface area contributed by atoms with Crippen molar-refractivity contribution in [2.45, 2.75) is 39.0 Å². The first-order chi connectivity index (χ1) is 17.6. The quantitative estimate of drug-likeness (QED) is 0.252. The number of halogens is 1. The minimum atomic E-state index is -0.198. The normalized spacial score (nSPS) is 17.1. The van der Waals surface area contributed by atoms with Gasteiger partial charge in [0, 0.05) is 30.4 Å². The molecular weight excluding hydrogens is 492 g/mol. The lowest BCUT2D eigenvalue weighted by molar-refractivity contribution is -0.113. The van der Waals surface area contributed by atoms with Gasteiger partial charge in [0.25, 0.3) is 5.91 Å². The van der Waals surface area contributed by atoms with Gasteiger partial charge in [-0.1, -0.05) is 43.1 Å². The number of benzene rings is 2. The van der Waals surface area contributed by atoms with Gasteiger partial charge < -0.3 is 9.64 Å². The average molecular weight is 521 g/mol. The second-order valence-electron chi connectivity index (χ2n) is 8.92. The van der Waals surface area contributed by atoms with Crippen LogP contribution in [-0.4, -0.2) is 45.5 Å². The van der Waals surface area contributed by atoms with Gasteiger partial charge in [-0.05, 0) is 73.9 Å². The predicted octanol–water partition coefficient (Wildman–Crippen LogP) is 6.83. The first kappa shape index (κ1) is 24.7. The van der Waals surface area contributed by atoms with Crippen molar-refractivity contribution in [2.75, 3.05) is 19.7 Å². The largest absolute Gasteiger partial charge is 0.492 e. The Hall–Kier alpha value is -3.03. The molecule has 5 rings (SSSR count). The molecule has 3 aromatic rings. The van der Waals surface area contributed by atoms with Crippen molar-refractivity contribution < 1.29 is 9.53 Å². The van der Waals surface area contributed by atoms with Crippen LogP contribution in [0.1, 0.15) is 44.6 Å². The molecule has 1 fully saturated rings. The summed E-state index contributed by atoms with van der Waals surface area (Å²) in [7, 11) is 0. The number of likely N-dealkylation sites (tertiary alicyclic amines) is 1. The number of aromatic nitrogens is 2. The van der Waals surface area contributed by atoms with E-state index in [1.807, 2.05) is 65.5 Å². The number of rotatable bonds is 7. The molecule has 2 aromatic carbocycles. The van der Waals surface area contributed by atoms with Crippen LogP contribution in [0.5, 0.6) is 5.75 Å². The molecule has 0 unspecified atom stereocenters. The summed E-state index contributed by atoms with van der Waals surface area (Å²) >= 11 is 8.03. The van der Waals surface area contributed by atoms with Gasteiger partial charge >= 0.3 is 0 Å². The summed E-state index contributed by atoms with van der Waals surface area (Å²) in [6.45, 7) is 4.67. The van der Waals surface area contributed by atoms with Crippen molar-refractivity contribution in [3.05, 3.63) is 70.2 Å². The highest BCUT2D eigenvalue weighted by Gasteiger charge is 2.27. The van der Waals surface area contributed by atoms with Crippen LogP contribution in [0.4, 0.5) is 0 Å². The molecule has 0 radical (unpaired) electrons. The molecular formula is C28H29ClN4O2S. The zero-order valence-electron chi connectivity index (χ0n) is 20.3. The molecule has 6 nitrogen and oxygen atoms in total. The monoisotopic (exact) mass is 520 g/mol. The second kappa shape index (κ2) is 11.4. The minimum absolute atomic E-state index is 0.198. The zero-order valence-corrected chi connectivity index (χ0v) is 21.9. The molecule has 36 heavy (non-hydrogen) atoms. The highest BCUT2D eigenvalue weighted by Crippen LogP contribution is 2.36. The highest BCUT2D eigenvalue weighted by molar-refractivity contribution is 8.18. The topological polar surface area (TPSA) is 59.7 Å². The molecule has 3 heterocycles. The Morgan fingerprint density at radius 2 is 1.92 bits per heavy atom. The fourth-order valence-corrected chi connectivity index (χ4v) is 5.47. The third-order valence-electron chi connectivity index (χ3n) is 6.25. The number of piperidine rings is 1. The van der Waals surface area contributed by atoms with Crippen LogP contribution < -0.4 is 4.74 Å². The number of hydrogen-bond donors (Lipinski definition) is 0. The van der Waals surface area contributed by atoms with E-state index in [-0.39, 0.29) is 5.91 Å². The Kier molecular flexibility index (Phi) is 7.78. The SMILES string of the molecule is CCCCOc1ccc(-c2nn(-c3ccccc3)cc2C=C2SC(N3CCCCC3)=NC2=O)cc1Cl. The number of carbonyl (C=O) groups excluding carboxylic acids is 1. The standard InChI is InChI=1S/C28H29ClN4O2S/c1-2-3-16-35-24-13-12-20(17-23(24)29)26-21(19-33(31-26)22-10-6-4-7-11-22)18-25-27(34)30-28(36-25)32-14-8-5-9-15-32/h4,6-7,10-13,17-19H,2-3,5,8-9,14-16H2,1H3. The maximum Gasteiger partial charge on any atom is 0.286 e. The number of carbonyl (C=O) groups is 1. The van der Waals surface area contributed by atoms with E-state index in [0.717, 1.165) is 66.4 Å². The molecule has 0 saturated carbocycles. The number of hydrogen-bond acceptors (Lipinski definition) is 5. The lowest BCUT2D eigenvalue weighted by Crippen LogP contribution is -2.33. The van der Waals surface area contributed by atoms with Crippen molar-refractivity contribution in [3.8, 4) is 22.7 Å². The van der Waals surface area contributed by atoms with Crippen LogP contribution in [0.2, 0.25) is 5.02 Å². The fourth-order valence-electron chi connectivity index (χ4n) is 4.28. The Bertz CT molecular complexity index is 1300. The summed E-state index contributed by atoms with van der Waals surface area (Å²) < 4.78 is 7.66. The molecule has 2 aliphatic heterocycles. The maximum atomic E-state index is 12.8. The third-order valence-corrected chi connectivity index (χ3v) is 7.59. The van der Waals surface area contributed by atoms with Crippen molar-refractivity contribution in [3.63, 3.8) is 0 Å². The second-order valence-corrected chi connectivity index (χ2v) is 10.3. The fraction of sp³-hybridized carbons (Fsp3) is 0.321. The van der Waals surface area contributed by atoms with Gasteiger partial charge in [-0.25, -0.2) is 4.68 Å². The van der Waals surface area contributed by atoms with Crippen LogP contribution >= 0.6 is 23.4 Å². The first-order valence-corrected chi connectivity index (χ1v) is 13.7. The minimum Gasteiger partial charge on any atom is -0.492 e. The zero-order chi connectivity index (χ0) is 24.9. The summed E-state index contributed by atoms with van der Waals surface area (Å²) in [6.07, 6.45) is 9.39. The van der Waals surface area contributed by atoms with Crippen LogP contribution in [-0.2, 0) is 4.79 Å². The highest BCUT2D eigenvalue weighted by atomic mass is 35.5. The molecule has 0 atom stereocenters. The van der Waals surface area contributed by atoms with E-state index >= 15 is 0 Å². The Labute approximate surface area is 221 Å². The lowest BCUT2D eigenvalue weighted by Gasteiger charge is -2.27. The van der Waals surface area contributed by atoms with Crippen molar-refractivity contribution >= 4 is 40.5 Å². The average Bonchev–Trinajstić information content (AvgIpc) is 3.50. The van der Waals surface area contributed by atoms with Gasteiger partial charge in [0.1, 0.15) is 11.4 Å². The Balaban J connectivity index is 1.48. The van der Waals surface area contributed by atoms with Gasteiger partial charge in [-0.3, -0.25) is 4.79 Å². The van der Waals surface area contributed by atoms with Crippen LogP contribution in [0, 0.1) is 0 Å². The molecule has 1 aromatic heterocycles. The maximum absolute atomic E-state index is 12.8. The van der Waals surface area contributed by atoms with Crippen LogP contribution in [0.15, 0.2) is 64.6 Å². The smallest absolute Gasteiger partial charge is 0.286 e. The number of amidine groups is 1. The number of thioether (sulfide) groups is 1. The summed E-state index contributed by atoms with van der Waals surface area (Å²) in [5, 5.41) is 6.22. The number of unbranched alkanes of at least 4 members (excludes halogenated alkanes) is 1. The lowest BCUT2D eigenvalue weighted by atomic mass is 10.1. The van der Waals surface area contributed by atoms with E-state index in [0.29, 0.717) is 22.3 Å². The van der Waals surface area contributed by atoms with E-state index in [2.05, 4.69) is 16.8 Å². The number of aliphatic imine (C=N–C) groups is 1. The molecule has 0 spiro atoms. The van der Waals surface area contributed by atoms with Gasteiger partial charge in [-0.2, -0.15) is 10.1 Å². The van der Waals surface area contributed by atoms with Gasteiger partial charge in [-0.15, -0.1) is 0 Å². The van der Waals surface area contributed by atoms with Gasteiger partial charge in [0.05, 0.1) is 22.2 Å². The molecule has 2 aliphatic rings. The molecule has 0 N–H and O–H groups in total. The molecule has 0 bridgehead atoms. The predicted molar refractivity (Wildman–Crippen MR) is 148 cm³/mol. The van der Waals surface area contributed by atoms with Gasteiger partial charge in [0.15, 0.2) is 5.17 Å². The number of amides is 1. The number of para-hydroxylation sites is 1. The molecule has 1 saturated heterocycles. The molecule has 0 aliphatic carbocycles. The summed E-state index contributed by atoms with van der Waals surface area (Å²) in [4.78, 5) is 20.0. The number of nitrogens with zero attached hydrogens (tertiary/aromatic N) is 4. The van der Waals surface area contributed by atoms with Gasteiger partial charge in [0.2, 0.25) is 0 Å². The van der Waals surface area contributed by atoms with E-state index in [1.165, 1.54) is 18.2 Å². The van der Waals surface area contributed by atoms with Crippen LogP contribution in [0.25, 0.3) is 23.0 Å². The van der Waals surface area contributed by atoms with Crippen LogP contribution in [0.3, 0.4) is 0 Å². The Morgan fingerprint density at radius 1 is 1.11 bits per heavy atom. The van der Waals surface area contributed by atoms with Crippen molar-refractivity contribution in [1.82, 2.24) is 14.7 Å². The van der Waals surface area contributed by atoms with Crippen molar-refractivity contribution in [2.24, 2.45) is 4.99 Å². The Morgan fingerprint density at radius 3 is 2.67 bits per heavy atom. The number of ether oxygens (including phenoxy) is 1. The summed E-state index contributed by atoms with van der Waals surface area (Å²) in [5.74, 6) is 0.467. The summed E-state index contributed by atoms with van der Waals surface area (Å²) in [5.41, 5.74) is 3.37. The molecule has 186 valence electrons. The van der Waals surface area contributed by atoms with E-state index in [1.54, 1.807) is 0 Å². The van der Waals surface area contributed by atoms with E-state index < -0.39 is 0 Å². The molecule has 8 heteroatoms.